The Labute approximate surface area is 55.5 Å². The van der Waals surface area contributed by atoms with Crippen LogP contribution in [0.2, 0.25) is 0 Å². The second-order valence-corrected chi connectivity index (χ2v) is 0.811. The first-order chi connectivity index (χ1) is 4.15. The summed E-state index contributed by atoms with van der Waals surface area (Å²) in [7, 11) is 3.25. The normalized spacial score (nSPS) is 5.11. The predicted octanol–water partition coefficient (Wildman–Crippen LogP) is 0.0886. The molecule has 9 heavy (non-hydrogen) atoms. The highest BCUT2D eigenvalue weighted by atomic mass is 16.4. The van der Waals surface area contributed by atoms with Gasteiger partial charge in [0.2, 0.25) is 0 Å². The van der Waals surface area contributed by atoms with Crippen molar-refractivity contribution in [3.05, 3.63) is 13.2 Å². The molecule has 0 unspecified atom stereocenters. The fourth-order valence-electron chi connectivity index (χ4n) is 0. The van der Waals surface area contributed by atoms with E-state index in [0.29, 0.717) is 0 Å². The SMILES string of the molecule is C=C.COC.NC(N)=O. The van der Waals surface area contributed by atoms with Crippen molar-refractivity contribution in [1.82, 2.24) is 0 Å². The summed E-state index contributed by atoms with van der Waals surface area (Å²) in [6, 6.07) is -0.833. The summed E-state index contributed by atoms with van der Waals surface area (Å²) in [6.07, 6.45) is 0. The third kappa shape index (κ3) is 162. The lowest BCUT2D eigenvalue weighted by atomic mass is 11.2. The number of methoxy groups -OCH3 is 1. The molecule has 56 valence electrons. The molecule has 0 aliphatic heterocycles. The van der Waals surface area contributed by atoms with Crippen LogP contribution < -0.4 is 11.5 Å². The maximum absolute atomic E-state index is 9.00. The van der Waals surface area contributed by atoms with Crippen molar-refractivity contribution < 1.29 is 9.53 Å². The Morgan fingerprint density at radius 1 is 1.33 bits per heavy atom. The molecule has 0 aliphatic rings. The lowest BCUT2D eigenvalue weighted by molar-refractivity contribution is 0.256. The van der Waals surface area contributed by atoms with Crippen molar-refractivity contribution in [3.8, 4) is 0 Å². The summed E-state index contributed by atoms with van der Waals surface area (Å²) in [6.45, 7) is 6.00. The van der Waals surface area contributed by atoms with Gasteiger partial charge in [0.05, 0.1) is 0 Å². The monoisotopic (exact) mass is 134 g/mol. The number of hydrogen-bond acceptors (Lipinski definition) is 2. The number of urea groups is 1. The molecule has 0 aromatic heterocycles. The molecule has 0 heterocycles. The van der Waals surface area contributed by atoms with E-state index in [9.17, 15) is 0 Å². The molecule has 4 nitrogen and oxygen atoms in total. The minimum Gasteiger partial charge on any atom is -0.388 e. The first-order valence-corrected chi connectivity index (χ1v) is 2.10. The van der Waals surface area contributed by atoms with Crippen LogP contribution in [0.15, 0.2) is 13.2 Å². The molecule has 0 saturated heterocycles. The maximum Gasteiger partial charge on any atom is 0.309 e. The molecule has 0 fully saturated rings. The predicted molar refractivity (Wildman–Crippen MR) is 38.0 cm³/mol. The van der Waals surface area contributed by atoms with Gasteiger partial charge in [0.25, 0.3) is 0 Å². The number of carbonyl (C=O) groups is 1. The van der Waals surface area contributed by atoms with Gasteiger partial charge in [-0.15, -0.1) is 13.2 Å². The summed E-state index contributed by atoms with van der Waals surface area (Å²) in [5, 5.41) is 0. The second kappa shape index (κ2) is 28.2. The Kier molecular flexibility index (Phi) is 49.0. The second-order valence-electron chi connectivity index (χ2n) is 0.811. The average Bonchev–Trinajstić information content (AvgIpc) is 1.71. The highest BCUT2D eigenvalue weighted by molar-refractivity contribution is 5.69. The Balaban J connectivity index is -0.0000000646. The molecule has 0 atom stereocenters. The number of ether oxygens (including phenoxy) is 1. The molecular weight excluding hydrogens is 120 g/mol. The first-order valence-electron chi connectivity index (χ1n) is 2.10. The van der Waals surface area contributed by atoms with E-state index >= 15 is 0 Å². The molecule has 0 aliphatic carbocycles. The Morgan fingerprint density at radius 2 is 1.33 bits per heavy atom. The number of amides is 2. The molecule has 0 rings (SSSR count). The van der Waals surface area contributed by atoms with Crippen LogP contribution in [-0.4, -0.2) is 20.3 Å². The van der Waals surface area contributed by atoms with Gasteiger partial charge in [0, 0.05) is 14.2 Å². The smallest absolute Gasteiger partial charge is 0.309 e. The molecule has 4 N–H and O–H groups in total. The minimum absolute atomic E-state index is 0.833. The fourth-order valence-corrected chi connectivity index (χ4v) is 0. The average molecular weight is 134 g/mol. The third-order valence-corrected chi connectivity index (χ3v) is 0. The van der Waals surface area contributed by atoms with E-state index in [1.165, 1.54) is 0 Å². The van der Waals surface area contributed by atoms with Crippen molar-refractivity contribution >= 4 is 6.03 Å². The zero-order valence-electron chi connectivity index (χ0n) is 5.89. The molecule has 2 amide bonds. The van der Waals surface area contributed by atoms with E-state index < -0.39 is 6.03 Å². The van der Waals surface area contributed by atoms with Crippen molar-refractivity contribution in [3.63, 3.8) is 0 Å². The van der Waals surface area contributed by atoms with Crippen molar-refractivity contribution in [2.75, 3.05) is 14.2 Å². The van der Waals surface area contributed by atoms with Crippen molar-refractivity contribution in [1.29, 1.82) is 0 Å². The van der Waals surface area contributed by atoms with Crippen LogP contribution >= 0.6 is 0 Å². The molecule has 0 radical (unpaired) electrons. The van der Waals surface area contributed by atoms with Gasteiger partial charge in [0.1, 0.15) is 0 Å². The van der Waals surface area contributed by atoms with Crippen molar-refractivity contribution in [2.45, 2.75) is 0 Å². The number of hydrogen-bond donors (Lipinski definition) is 2. The van der Waals surface area contributed by atoms with E-state index in [1.54, 1.807) is 14.2 Å². The molecule has 0 spiro atoms. The quantitative estimate of drug-likeness (QED) is 0.460. The summed E-state index contributed by atoms with van der Waals surface area (Å²) >= 11 is 0. The van der Waals surface area contributed by atoms with Crippen LogP contribution in [0.25, 0.3) is 0 Å². The van der Waals surface area contributed by atoms with Crippen molar-refractivity contribution in [2.24, 2.45) is 11.5 Å². The number of nitrogens with two attached hydrogens (primary N) is 2. The number of rotatable bonds is 0. The van der Waals surface area contributed by atoms with Crippen LogP contribution in [0.3, 0.4) is 0 Å². The summed E-state index contributed by atoms with van der Waals surface area (Å²) < 4.78 is 4.25. The highest BCUT2D eigenvalue weighted by Gasteiger charge is 1.60. The standard InChI is InChI=1S/C2H6O.C2H4.CH4N2O/c1-3-2;1-2;2-1(3)4/h1-2H3;1-2H2;(H4,2,3,4). The van der Waals surface area contributed by atoms with Gasteiger partial charge < -0.3 is 16.2 Å². The zero-order valence-corrected chi connectivity index (χ0v) is 5.89. The maximum atomic E-state index is 9.00. The lowest BCUT2D eigenvalue weighted by Gasteiger charge is -1.62. The third-order valence-electron chi connectivity index (χ3n) is 0. The van der Waals surface area contributed by atoms with Gasteiger partial charge in [-0.05, 0) is 0 Å². The largest absolute Gasteiger partial charge is 0.388 e. The zero-order chi connectivity index (χ0) is 8.28. The van der Waals surface area contributed by atoms with Gasteiger partial charge in [-0.3, -0.25) is 0 Å². The molecule has 0 saturated carbocycles. The highest BCUT2D eigenvalue weighted by Crippen LogP contribution is 1.28. The molecule has 0 aromatic carbocycles. The van der Waals surface area contributed by atoms with E-state index in [2.05, 4.69) is 29.4 Å². The van der Waals surface area contributed by atoms with Gasteiger partial charge in [-0.1, -0.05) is 0 Å². The Morgan fingerprint density at radius 3 is 1.33 bits per heavy atom. The Bertz CT molecular complexity index is 52.9. The van der Waals surface area contributed by atoms with E-state index in [4.69, 9.17) is 4.79 Å². The van der Waals surface area contributed by atoms with Gasteiger partial charge in [0.15, 0.2) is 0 Å². The summed E-state index contributed by atoms with van der Waals surface area (Å²) in [5.41, 5.74) is 8.50. The molecule has 0 aromatic rings. The van der Waals surface area contributed by atoms with E-state index in [0.717, 1.165) is 0 Å². The summed E-state index contributed by atoms with van der Waals surface area (Å²) in [4.78, 5) is 9.00. The van der Waals surface area contributed by atoms with Crippen LogP contribution in [0, 0.1) is 0 Å². The number of carbonyl (C=O) groups excluding carboxylic acids is 1. The van der Waals surface area contributed by atoms with Crippen LogP contribution in [0.5, 0.6) is 0 Å². The van der Waals surface area contributed by atoms with E-state index in [-0.39, 0.29) is 0 Å². The van der Waals surface area contributed by atoms with Crippen LogP contribution in [0.1, 0.15) is 0 Å². The minimum atomic E-state index is -0.833. The van der Waals surface area contributed by atoms with Gasteiger partial charge in [-0.2, -0.15) is 0 Å². The molecule has 4 heteroatoms. The first kappa shape index (κ1) is 15.7. The summed E-state index contributed by atoms with van der Waals surface area (Å²) in [5.74, 6) is 0. The van der Waals surface area contributed by atoms with Crippen LogP contribution in [-0.2, 0) is 4.74 Å². The van der Waals surface area contributed by atoms with Crippen LogP contribution in [0.4, 0.5) is 4.79 Å². The van der Waals surface area contributed by atoms with Gasteiger partial charge in [-0.25, -0.2) is 4.79 Å². The Hall–Kier alpha value is -1.03. The topological polar surface area (TPSA) is 78.3 Å². The van der Waals surface area contributed by atoms with E-state index in [1.807, 2.05) is 0 Å². The number of primary amides is 2. The van der Waals surface area contributed by atoms with Gasteiger partial charge >= 0.3 is 6.03 Å². The molecule has 0 bridgehead atoms. The lowest BCUT2D eigenvalue weighted by Crippen LogP contribution is -2.18. The fraction of sp³-hybridized carbons (Fsp3) is 0.400. The molecular formula is C5H14N2O2.